The lowest BCUT2D eigenvalue weighted by Gasteiger charge is -2.28. The predicted octanol–water partition coefficient (Wildman–Crippen LogP) is 4.54. The number of nitrogens with one attached hydrogen (secondary N) is 1. The van der Waals surface area contributed by atoms with Gasteiger partial charge >= 0.3 is 5.97 Å². The average molecular weight is 429 g/mol. The first kappa shape index (κ1) is 22.0. The fraction of sp³-hybridized carbons (Fsp3) is 0.435. The Morgan fingerprint density at radius 3 is 2.30 bits per heavy atom. The van der Waals surface area contributed by atoms with Crippen molar-refractivity contribution in [1.82, 2.24) is 4.90 Å². The number of hydrogen-bond donors (Lipinski definition) is 2. The van der Waals surface area contributed by atoms with E-state index in [2.05, 4.69) is 26.1 Å². The number of anilines is 1. The van der Waals surface area contributed by atoms with Gasteiger partial charge in [-0.3, -0.25) is 9.59 Å². The Labute approximate surface area is 180 Å². The number of carboxylic acid groups (broad SMARTS) is 1. The first-order valence-electron chi connectivity index (χ1n) is 10.1. The topological polar surface area (TPSA) is 86.7 Å². The first-order valence-corrected chi connectivity index (χ1v) is 10.9. The van der Waals surface area contributed by atoms with E-state index in [1.807, 2.05) is 26.0 Å². The normalized spacial score (nSPS) is 13.9. The molecule has 0 saturated heterocycles. The van der Waals surface area contributed by atoms with Gasteiger partial charge in [-0.25, -0.2) is 4.79 Å². The van der Waals surface area contributed by atoms with E-state index in [0.717, 1.165) is 16.0 Å². The zero-order valence-electron chi connectivity index (χ0n) is 18.0. The molecule has 0 unspecified atom stereocenters. The summed E-state index contributed by atoms with van der Waals surface area (Å²) in [7, 11) is 0. The number of carbonyl (C=O) groups excluding carboxylic acids is 2. The van der Waals surface area contributed by atoms with Gasteiger partial charge in [0.2, 0.25) is 5.91 Å². The second-order valence-corrected chi connectivity index (χ2v) is 10.1. The first-order chi connectivity index (χ1) is 14.0. The van der Waals surface area contributed by atoms with Crippen LogP contribution in [0.25, 0.3) is 0 Å². The molecule has 2 N–H and O–H groups in total. The second kappa shape index (κ2) is 8.22. The van der Waals surface area contributed by atoms with Crippen molar-refractivity contribution in [2.75, 3.05) is 11.9 Å². The van der Waals surface area contributed by atoms with Crippen LogP contribution >= 0.6 is 11.3 Å². The Balaban J connectivity index is 1.85. The highest BCUT2D eigenvalue weighted by atomic mass is 32.1. The summed E-state index contributed by atoms with van der Waals surface area (Å²) in [6.07, 6.45) is 0.474. The van der Waals surface area contributed by atoms with Crippen molar-refractivity contribution in [3.05, 3.63) is 51.4 Å². The van der Waals surface area contributed by atoms with Gasteiger partial charge in [0.05, 0.1) is 12.1 Å². The number of hydrogen-bond acceptors (Lipinski definition) is 4. The SMILES string of the molecule is CC(C)C(=O)N1CCc2c(sc(NC(=O)c3ccc(C(C)(C)C)cc3)c2C(=O)O)C1. The molecule has 0 spiro atoms. The van der Waals surface area contributed by atoms with Crippen molar-refractivity contribution in [3.63, 3.8) is 0 Å². The number of fused-ring (bicyclic) bond motifs is 1. The third-order valence-corrected chi connectivity index (χ3v) is 6.45. The maximum Gasteiger partial charge on any atom is 0.339 e. The Morgan fingerprint density at radius 2 is 1.77 bits per heavy atom. The van der Waals surface area contributed by atoms with Gasteiger partial charge in [-0.05, 0) is 35.1 Å². The molecule has 1 aromatic carbocycles. The largest absolute Gasteiger partial charge is 0.478 e. The molecule has 1 aliphatic rings. The summed E-state index contributed by atoms with van der Waals surface area (Å²) in [5.74, 6) is -1.46. The van der Waals surface area contributed by atoms with Crippen molar-refractivity contribution < 1.29 is 19.5 Å². The molecule has 1 aromatic heterocycles. The van der Waals surface area contributed by atoms with Crippen LogP contribution in [0.1, 0.15) is 71.3 Å². The monoisotopic (exact) mass is 428 g/mol. The van der Waals surface area contributed by atoms with Gasteiger partial charge in [0.1, 0.15) is 5.00 Å². The molecule has 0 atom stereocenters. The van der Waals surface area contributed by atoms with E-state index in [0.29, 0.717) is 30.1 Å². The van der Waals surface area contributed by atoms with Gasteiger partial charge in [-0.15, -0.1) is 11.3 Å². The zero-order valence-corrected chi connectivity index (χ0v) is 18.9. The summed E-state index contributed by atoms with van der Waals surface area (Å²) in [6, 6.07) is 7.35. The highest BCUT2D eigenvalue weighted by molar-refractivity contribution is 7.17. The summed E-state index contributed by atoms with van der Waals surface area (Å²) in [4.78, 5) is 39.6. The third-order valence-electron chi connectivity index (χ3n) is 5.32. The molecule has 0 bridgehead atoms. The van der Waals surface area contributed by atoms with E-state index in [-0.39, 0.29) is 28.7 Å². The Kier molecular flexibility index (Phi) is 6.04. The number of rotatable bonds is 4. The maximum atomic E-state index is 12.8. The Bertz CT molecular complexity index is 984. The van der Waals surface area contributed by atoms with Crippen LogP contribution in [-0.2, 0) is 23.2 Å². The molecule has 0 radical (unpaired) electrons. The van der Waals surface area contributed by atoms with Crippen molar-refractivity contribution in [1.29, 1.82) is 0 Å². The van der Waals surface area contributed by atoms with Crippen LogP contribution in [-0.4, -0.2) is 34.3 Å². The summed E-state index contributed by atoms with van der Waals surface area (Å²) in [6.45, 7) is 10.9. The maximum absolute atomic E-state index is 12.8. The van der Waals surface area contributed by atoms with Gasteiger partial charge < -0.3 is 15.3 Å². The summed E-state index contributed by atoms with van der Waals surface area (Å²) < 4.78 is 0. The number of benzene rings is 1. The van der Waals surface area contributed by atoms with Gasteiger partial charge in [0.15, 0.2) is 0 Å². The summed E-state index contributed by atoms with van der Waals surface area (Å²) >= 11 is 1.25. The quantitative estimate of drug-likeness (QED) is 0.749. The summed E-state index contributed by atoms with van der Waals surface area (Å²) in [5.41, 5.74) is 2.44. The summed E-state index contributed by atoms with van der Waals surface area (Å²) in [5, 5.41) is 12.9. The fourth-order valence-corrected chi connectivity index (χ4v) is 4.82. The Hall–Kier alpha value is -2.67. The third kappa shape index (κ3) is 4.41. The molecular formula is C23H28N2O4S. The van der Waals surface area contributed by atoms with Crippen molar-refractivity contribution in [3.8, 4) is 0 Å². The minimum absolute atomic E-state index is 0.0163. The van der Waals surface area contributed by atoms with Crippen LogP contribution in [0.15, 0.2) is 24.3 Å². The molecule has 0 fully saturated rings. The molecule has 0 aliphatic carbocycles. The van der Waals surface area contributed by atoms with Gasteiger partial charge in [-0.1, -0.05) is 46.8 Å². The van der Waals surface area contributed by atoms with Crippen LogP contribution in [0.3, 0.4) is 0 Å². The molecule has 30 heavy (non-hydrogen) atoms. The lowest BCUT2D eigenvalue weighted by molar-refractivity contribution is -0.135. The predicted molar refractivity (Wildman–Crippen MR) is 118 cm³/mol. The van der Waals surface area contributed by atoms with Crippen LogP contribution in [0.4, 0.5) is 5.00 Å². The standard InChI is InChI=1S/C23H28N2O4S/c1-13(2)21(27)25-11-10-16-17(12-25)30-20(18(16)22(28)29)24-19(26)14-6-8-15(9-7-14)23(3,4)5/h6-9,13H,10-12H2,1-5H3,(H,24,26)(H,28,29). The molecular weight excluding hydrogens is 400 g/mol. The lowest BCUT2D eigenvalue weighted by Crippen LogP contribution is -2.38. The van der Waals surface area contributed by atoms with E-state index in [1.54, 1.807) is 17.0 Å². The number of aromatic carboxylic acids is 1. The molecule has 2 heterocycles. The van der Waals surface area contributed by atoms with Gasteiger partial charge in [0, 0.05) is 22.9 Å². The average Bonchev–Trinajstić information content (AvgIpc) is 3.03. The molecule has 160 valence electrons. The van der Waals surface area contributed by atoms with Crippen LogP contribution in [0.5, 0.6) is 0 Å². The number of carboxylic acids is 1. The fourth-order valence-electron chi connectivity index (χ4n) is 3.57. The van der Waals surface area contributed by atoms with E-state index < -0.39 is 5.97 Å². The van der Waals surface area contributed by atoms with E-state index in [9.17, 15) is 19.5 Å². The number of amides is 2. The number of thiophene rings is 1. The van der Waals surface area contributed by atoms with E-state index in [1.165, 1.54) is 11.3 Å². The highest BCUT2D eigenvalue weighted by Gasteiger charge is 2.31. The Morgan fingerprint density at radius 1 is 1.13 bits per heavy atom. The highest BCUT2D eigenvalue weighted by Crippen LogP contribution is 2.37. The number of carbonyl (C=O) groups is 3. The van der Waals surface area contributed by atoms with Gasteiger partial charge in [-0.2, -0.15) is 0 Å². The van der Waals surface area contributed by atoms with E-state index >= 15 is 0 Å². The molecule has 6 nitrogen and oxygen atoms in total. The minimum atomic E-state index is -1.06. The smallest absolute Gasteiger partial charge is 0.339 e. The molecule has 2 aromatic rings. The molecule has 7 heteroatoms. The van der Waals surface area contributed by atoms with Crippen LogP contribution < -0.4 is 5.32 Å². The molecule has 3 rings (SSSR count). The molecule has 2 amide bonds. The van der Waals surface area contributed by atoms with Gasteiger partial charge in [0.25, 0.3) is 5.91 Å². The number of nitrogens with zero attached hydrogens (tertiary/aromatic N) is 1. The minimum Gasteiger partial charge on any atom is -0.478 e. The molecule has 1 aliphatic heterocycles. The van der Waals surface area contributed by atoms with Crippen molar-refractivity contribution in [2.45, 2.75) is 53.0 Å². The van der Waals surface area contributed by atoms with Crippen LogP contribution in [0.2, 0.25) is 0 Å². The second-order valence-electron chi connectivity index (χ2n) is 8.96. The molecule has 0 saturated carbocycles. The van der Waals surface area contributed by atoms with Crippen molar-refractivity contribution >= 4 is 34.1 Å². The van der Waals surface area contributed by atoms with Crippen LogP contribution in [0, 0.1) is 5.92 Å². The zero-order chi connectivity index (χ0) is 22.2. The lowest BCUT2D eigenvalue weighted by atomic mass is 9.87. The van der Waals surface area contributed by atoms with E-state index in [4.69, 9.17) is 0 Å². The van der Waals surface area contributed by atoms with Crippen molar-refractivity contribution in [2.24, 2.45) is 5.92 Å².